The van der Waals surface area contributed by atoms with Crippen LogP contribution in [0, 0.1) is 5.92 Å². The number of hydrogen-bond acceptors (Lipinski definition) is 5. The van der Waals surface area contributed by atoms with E-state index in [4.69, 9.17) is 4.42 Å². The van der Waals surface area contributed by atoms with Gasteiger partial charge < -0.3 is 19.5 Å². The van der Waals surface area contributed by atoms with Crippen LogP contribution >= 0.6 is 0 Å². The van der Waals surface area contributed by atoms with Crippen LogP contribution in [0.25, 0.3) is 0 Å². The predicted molar refractivity (Wildman–Crippen MR) is 97.0 cm³/mol. The molecule has 4 rings (SSSR count). The van der Waals surface area contributed by atoms with E-state index < -0.39 is 0 Å². The predicted octanol–water partition coefficient (Wildman–Crippen LogP) is 2.38. The first-order valence-corrected chi connectivity index (χ1v) is 9.05. The Balaban J connectivity index is 1.31. The average molecular weight is 354 g/mol. The fourth-order valence-electron chi connectivity index (χ4n) is 3.26. The highest BCUT2D eigenvalue weighted by Crippen LogP contribution is 2.27. The molecule has 1 N–H and O–H groups in total. The summed E-state index contributed by atoms with van der Waals surface area (Å²) in [5.41, 5.74) is 0.734. The number of rotatable bonds is 4. The number of aromatic nitrogens is 1. The molecule has 3 heterocycles. The molecule has 2 aliphatic rings. The first-order chi connectivity index (χ1) is 12.7. The lowest BCUT2D eigenvalue weighted by Gasteiger charge is -2.35. The summed E-state index contributed by atoms with van der Waals surface area (Å²) in [4.78, 5) is 32.7. The molecule has 7 nitrogen and oxygen atoms in total. The van der Waals surface area contributed by atoms with Crippen LogP contribution in [-0.2, 0) is 4.79 Å². The summed E-state index contributed by atoms with van der Waals surface area (Å²) in [5, 5.41) is 2.93. The van der Waals surface area contributed by atoms with Gasteiger partial charge in [-0.25, -0.2) is 4.98 Å². The zero-order valence-corrected chi connectivity index (χ0v) is 14.6. The molecule has 0 unspecified atom stereocenters. The zero-order chi connectivity index (χ0) is 17.9. The third-order valence-electron chi connectivity index (χ3n) is 5.11. The molecule has 0 atom stereocenters. The average Bonchev–Trinajstić information content (AvgIpc) is 3.15. The maximum absolute atomic E-state index is 12.3. The highest BCUT2D eigenvalue weighted by atomic mass is 16.3. The van der Waals surface area contributed by atoms with Crippen LogP contribution in [0.4, 0.5) is 11.5 Å². The minimum absolute atomic E-state index is 0.0725. The van der Waals surface area contributed by atoms with Crippen LogP contribution in [0.2, 0.25) is 0 Å². The summed E-state index contributed by atoms with van der Waals surface area (Å²) in [6.07, 6.45) is 6.32. The molecule has 1 aliphatic carbocycles. The number of carbonyl (C=O) groups excluding carboxylic acids is 2. The molecule has 0 bridgehead atoms. The second-order valence-corrected chi connectivity index (χ2v) is 6.78. The van der Waals surface area contributed by atoms with Crippen molar-refractivity contribution in [3.05, 3.63) is 42.5 Å². The van der Waals surface area contributed by atoms with Crippen molar-refractivity contribution in [3.8, 4) is 0 Å². The molecular weight excluding hydrogens is 332 g/mol. The smallest absolute Gasteiger partial charge is 0.289 e. The largest absolute Gasteiger partial charge is 0.459 e. The number of pyridine rings is 1. The fourth-order valence-corrected chi connectivity index (χ4v) is 3.26. The highest BCUT2D eigenvalue weighted by molar-refractivity contribution is 5.93. The molecule has 136 valence electrons. The van der Waals surface area contributed by atoms with Crippen molar-refractivity contribution in [2.75, 3.05) is 36.4 Å². The standard InChI is InChI=1S/C19H22N4O3/c24-18(14-3-1-4-14)21-15-6-7-17(20-13-15)22-8-10-23(11-9-22)19(25)16-5-2-12-26-16/h2,5-7,12-14H,1,3-4,8-11H2,(H,21,24). The van der Waals surface area contributed by atoms with Crippen molar-refractivity contribution in [2.24, 2.45) is 5.92 Å². The van der Waals surface area contributed by atoms with Crippen molar-refractivity contribution in [1.82, 2.24) is 9.88 Å². The number of amides is 2. The van der Waals surface area contributed by atoms with Gasteiger partial charge in [-0.3, -0.25) is 9.59 Å². The van der Waals surface area contributed by atoms with E-state index in [1.165, 1.54) is 6.26 Å². The molecule has 0 aromatic carbocycles. The van der Waals surface area contributed by atoms with Gasteiger partial charge in [0.15, 0.2) is 5.76 Å². The van der Waals surface area contributed by atoms with Gasteiger partial charge in [0.1, 0.15) is 5.82 Å². The molecule has 26 heavy (non-hydrogen) atoms. The Hall–Kier alpha value is -2.83. The van der Waals surface area contributed by atoms with E-state index in [9.17, 15) is 9.59 Å². The van der Waals surface area contributed by atoms with Gasteiger partial charge in [-0.05, 0) is 37.1 Å². The lowest BCUT2D eigenvalue weighted by molar-refractivity contribution is -0.122. The van der Waals surface area contributed by atoms with E-state index in [0.717, 1.165) is 30.8 Å². The normalized spacial score (nSPS) is 17.7. The van der Waals surface area contributed by atoms with Crippen molar-refractivity contribution >= 4 is 23.3 Å². The summed E-state index contributed by atoms with van der Waals surface area (Å²) in [6.45, 7) is 2.68. The van der Waals surface area contributed by atoms with Gasteiger partial charge in [0, 0.05) is 32.1 Å². The van der Waals surface area contributed by atoms with Gasteiger partial charge in [0.2, 0.25) is 5.91 Å². The molecule has 0 radical (unpaired) electrons. The molecule has 1 saturated heterocycles. The number of carbonyl (C=O) groups is 2. The van der Waals surface area contributed by atoms with Gasteiger partial charge in [-0.2, -0.15) is 0 Å². The molecule has 1 aliphatic heterocycles. The lowest BCUT2D eigenvalue weighted by atomic mass is 9.85. The molecule has 7 heteroatoms. The molecule has 2 aromatic heterocycles. The van der Waals surface area contributed by atoms with Gasteiger partial charge in [-0.1, -0.05) is 6.42 Å². The first-order valence-electron chi connectivity index (χ1n) is 9.05. The zero-order valence-electron chi connectivity index (χ0n) is 14.6. The molecule has 2 aromatic rings. The van der Waals surface area contributed by atoms with Gasteiger partial charge in [0.05, 0.1) is 18.1 Å². The van der Waals surface area contributed by atoms with E-state index in [-0.39, 0.29) is 17.7 Å². The topological polar surface area (TPSA) is 78.7 Å². The third-order valence-corrected chi connectivity index (χ3v) is 5.11. The van der Waals surface area contributed by atoms with Crippen molar-refractivity contribution < 1.29 is 14.0 Å². The highest BCUT2D eigenvalue weighted by Gasteiger charge is 2.26. The van der Waals surface area contributed by atoms with Crippen molar-refractivity contribution in [1.29, 1.82) is 0 Å². The van der Waals surface area contributed by atoms with Crippen LogP contribution in [0.5, 0.6) is 0 Å². The Morgan fingerprint density at radius 1 is 1.12 bits per heavy atom. The Kier molecular flexibility index (Phi) is 4.60. The van der Waals surface area contributed by atoms with Crippen LogP contribution in [0.15, 0.2) is 41.1 Å². The summed E-state index contributed by atoms with van der Waals surface area (Å²) in [6, 6.07) is 7.21. The molecule has 2 fully saturated rings. The first kappa shape index (κ1) is 16.6. The SMILES string of the molecule is O=C(Nc1ccc(N2CCN(C(=O)c3ccco3)CC2)nc1)C1CCC1. The number of hydrogen-bond donors (Lipinski definition) is 1. The Morgan fingerprint density at radius 3 is 2.50 bits per heavy atom. The number of piperazine rings is 1. The second-order valence-electron chi connectivity index (χ2n) is 6.78. The lowest BCUT2D eigenvalue weighted by Crippen LogP contribution is -2.49. The number of furan rings is 1. The summed E-state index contributed by atoms with van der Waals surface area (Å²) < 4.78 is 5.18. The number of nitrogens with one attached hydrogen (secondary N) is 1. The minimum atomic E-state index is -0.0725. The van der Waals surface area contributed by atoms with E-state index >= 15 is 0 Å². The Bertz CT molecular complexity index is 761. The minimum Gasteiger partial charge on any atom is -0.459 e. The monoisotopic (exact) mass is 354 g/mol. The van der Waals surface area contributed by atoms with Gasteiger partial charge in [0.25, 0.3) is 5.91 Å². The summed E-state index contributed by atoms with van der Waals surface area (Å²) in [5.74, 6) is 1.42. The molecule has 0 spiro atoms. The van der Waals surface area contributed by atoms with E-state index in [0.29, 0.717) is 31.9 Å². The Morgan fingerprint density at radius 2 is 1.92 bits per heavy atom. The van der Waals surface area contributed by atoms with Crippen molar-refractivity contribution in [2.45, 2.75) is 19.3 Å². The van der Waals surface area contributed by atoms with E-state index in [1.807, 2.05) is 12.1 Å². The van der Waals surface area contributed by atoms with Crippen LogP contribution < -0.4 is 10.2 Å². The van der Waals surface area contributed by atoms with Gasteiger partial charge >= 0.3 is 0 Å². The molecular formula is C19H22N4O3. The summed E-state index contributed by atoms with van der Waals surface area (Å²) >= 11 is 0. The van der Waals surface area contributed by atoms with Crippen LogP contribution in [-0.4, -0.2) is 47.9 Å². The van der Waals surface area contributed by atoms with Crippen molar-refractivity contribution in [3.63, 3.8) is 0 Å². The van der Waals surface area contributed by atoms with E-state index in [1.54, 1.807) is 23.2 Å². The quantitative estimate of drug-likeness (QED) is 0.912. The summed E-state index contributed by atoms with van der Waals surface area (Å²) in [7, 11) is 0. The Labute approximate surface area is 152 Å². The number of nitrogens with zero attached hydrogens (tertiary/aromatic N) is 3. The maximum atomic E-state index is 12.3. The molecule has 1 saturated carbocycles. The molecule has 2 amide bonds. The van der Waals surface area contributed by atoms with Gasteiger partial charge in [-0.15, -0.1) is 0 Å². The fraction of sp³-hybridized carbons (Fsp3) is 0.421. The maximum Gasteiger partial charge on any atom is 0.289 e. The second kappa shape index (κ2) is 7.19. The number of anilines is 2. The van der Waals surface area contributed by atoms with Crippen LogP contribution in [0.3, 0.4) is 0 Å². The third kappa shape index (κ3) is 3.42. The van der Waals surface area contributed by atoms with Crippen LogP contribution in [0.1, 0.15) is 29.8 Å². The van der Waals surface area contributed by atoms with E-state index in [2.05, 4.69) is 15.2 Å².